The zero-order valence-electron chi connectivity index (χ0n) is 14.4. The number of ether oxygens (including phenoxy) is 2. The third-order valence-corrected chi connectivity index (χ3v) is 4.80. The van der Waals surface area contributed by atoms with Crippen LogP contribution in [-0.2, 0) is 9.53 Å². The van der Waals surface area contributed by atoms with Crippen molar-refractivity contribution >= 4 is 22.6 Å². The van der Waals surface area contributed by atoms with Crippen LogP contribution >= 0.6 is 0 Å². The fourth-order valence-corrected chi connectivity index (χ4v) is 3.16. The molecular formula is C19H19F2NO5. The van der Waals surface area contributed by atoms with Gasteiger partial charge in [-0.05, 0) is 35.7 Å². The monoisotopic (exact) mass is 379 g/mol. The molecular weight excluding hydrogens is 360 g/mol. The Labute approximate surface area is 154 Å². The Morgan fingerprint density at radius 3 is 2.41 bits per heavy atom. The molecule has 0 bridgehead atoms. The van der Waals surface area contributed by atoms with E-state index in [1.54, 1.807) is 24.3 Å². The predicted molar refractivity (Wildman–Crippen MR) is 93.0 cm³/mol. The van der Waals surface area contributed by atoms with Crippen LogP contribution in [0.1, 0.15) is 23.2 Å². The fourth-order valence-electron chi connectivity index (χ4n) is 3.16. The molecule has 2 N–H and O–H groups in total. The summed E-state index contributed by atoms with van der Waals surface area (Å²) in [5, 5.41) is 13.5. The van der Waals surface area contributed by atoms with Crippen LogP contribution in [-0.4, -0.2) is 43.4 Å². The molecule has 0 aromatic heterocycles. The normalized spacial score (nSPS) is 16.3. The minimum atomic E-state index is -3.08. The van der Waals surface area contributed by atoms with E-state index in [9.17, 15) is 23.5 Å². The average Bonchev–Trinajstić information content (AvgIpc) is 2.65. The van der Waals surface area contributed by atoms with Crippen molar-refractivity contribution < 1.29 is 33.0 Å². The lowest BCUT2D eigenvalue weighted by Gasteiger charge is -2.33. The summed E-state index contributed by atoms with van der Waals surface area (Å²) < 4.78 is 35.2. The van der Waals surface area contributed by atoms with Crippen molar-refractivity contribution in [2.75, 3.05) is 19.8 Å². The van der Waals surface area contributed by atoms with E-state index in [0.29, 0.717) is 10.8 Å². The summed E-state index contributed by atoms with van der Waals surface area (Å²) in [6.45, 7) is -2.63. The van der Waals surface area contributed by atoms with Gasteiger partial charge in [0.1, 0.15) is 5.75 Å². The van der Waals surface area contributed by atoms with Gasteiger partial charge in [0.05, 0.1) is 11.0 Å². The van der Waals surface area contributed by atoms with Crippen molar-refractivity contribution in [1.82, 2.24) is 5.32 Å². The molecule has 1 aliphatic rings. The molecule has 0 unspecified atom stereocenters. The van der Waals surface area contributed by atoms with Crippen LogP contribution in [0, 0.1) is 5.41 Å². The highest BCUT2D eigenvalue weighted by Gasteiger charge is 2.40. The number of nitrogens with one attached hydrogen (secondary N) is 1. The molecule has 1 heterocycles. The molecule has 0 atom stereocenters. The van der Waals surface area contributed by atoms with E-state index >= 15 is 0 Å². The number of hydrogen-bond donors (Lipinski definition) is 2. The van der Waals surface area contributed by atoms with Crippen molar-refractivity contribution in [1.29, 1.82) is 0 Å². The smallest absolute Gasteiger partial charge is 0.387 e. The summed E-state index contributed by atoms with van der Waals surface area (Å²) in [6, 6.07) is 9.80. The van der Waals surface area contributed by atoms with E-state index in [-0.39, 0.29) is 43.9 Å². The molecule has 1 saturated heterocycles. The van der Waals surface area contributed by atoms with E-state index in [2.05, 4.69) is 10.1 Å². The molecule has 0 saturated carbocycles. The second-order valence-electron chi connectivity index (χ2n) is 6.45. The Kier molecular flexibility index (Phi) is 5.55. The second kappa shape index (κ2) is 7.87. The van der Waals surface area contributed by atoms with Crippen molar-refractivity contribution in [2.24, 2.45) is 5.41 Å². The maximum atomic E-state index is 12.8. The van der Waals surface area contributed by atoms with Gasteiger partial charge in [-0.2, -0.15) is 8.78 Å². The second-order valence-corrected chi connectivity index (χ2v) is 6.45. The number of carboxylic acids is 1. The number of rotatable bonds is 6. The maximum absolute atomic E-state index is 12.8. The Balaban J connectivity index is 1.86. The van der Waals surface area contributed by atoms with Crippen molar-refractivity contribution in [3.8, 4) is 5.75 Å². The fraction of sp³-hybridized carbons (Fsp3) is 0.368. The molecule has 0 spiro atoms. The van der Waals surface area contributed by atoms with Crippen LogP contribution in [0.4, 0.5) is 8.78 Å². The van der Waals surface area contributed by atoms with Gasteiger partial charge in [-0.25, -0.2) is 0 Å². The van der Waals surface area contributed by atoms with Crippen LogP contribution in [0.3, 0.4) is 0 Å². The summed E-state index contributed by atoms with van der Waals surface area (Å²) >= 11 is 0. The quantitative estimate of drug-likeness (QED) is 0.806. The molecule has 2 aromatic rings. The summed E-state index contributed by atoms with van der Waals surface area (Å²) in [5.41, 5.74) is -1.20. The van der Waals surface area contributed by atoms with Crippen LogP contribution in [0.25, 0.3) is 10.8 Å². The Bertz CT molecular complexity index is 849. The van der Waals surface area contributed by atoms with Gasteiger partial charge >= 0.3 is 12.6 Å². The van der Waals surface area contributed by atoms with Gasteiger partial charge < -0.3 is 19.9 Å². The molecule has 1 fully saturated rings. The number of carbonyl (C=O) groups is 2. The highest BCUT2D eigenvalue weighted by atomic mass is 19.3. The minimum absolute atomic E-state index is 0.0680. The van der Waals surface area contributed by atoms with Gasteiger partial charge in [0.25, 0.3) is 5.91 Å². The number of carbonyl (C=O) groups excluding carboxylic acids is 1. The highest BCUT2D eigenvalue weighted by molar-refractivity contribution is 6.01. The van der Waals surface area contributed by atoms with Crippen molar-refractivity contribution in [3.63, 3.8) is 0 Å². The number of hydrogen-bond acceptors (Lipinski definition) is 4. The highest BCUT2D eigenvalue weighted by Crippen LogP contribution is 2.31. The van der Waals surface area contributed by atoms with E-state index in [4.69, 9.17) is 4.74 Å². The molecule has 144 valence electrons. The zero-order chi connectivity index (χ0) is 19.4. The third kappa shape index (κ3) is 4.16. The lowest BCUT2D eigenvalue weighted by molar-refractivity contribution is -0.154. The minimum Gasteiger partial charge on any atom is -0.481 e. The first-order chi connectivity index (χ1) is 12.9. The number of aliphatic carboxylic acids is 1. The maximum Gasteiger partial charge on any atom is 0.387 e. The number of fused-ring (bicyclic) bond motifs is 1. The summed E-state index contributed by atoms with van der Waals surface area (Å²) in [4.78, 5) is 24.3. The van der Waals surface area contributed by atoms with E-state index < -0.39 is 23.9 Å². The zero-order valence-corrected chi connectivity index (χ0v) is 14.4. The van der Waals surface area contributed by atoms with Crippen molar-refractivity contribution in [3.05, 3.63) is 42.0 Å². The van der Waals surface area contributed by atoms with Gasteiger partial charge in [0.15, 0.2) is 0 Å². The van der Waals surface area contributed by atoms with Gasteiger partial charge in [-0.15, -0.1) is 0 Å². The first-order valence-corrected chi connectivity index (χ1v) is 8.48. The lowest BCUT2D eigenvalue weighted by atomic mass is 9.80. The summed E-state index contributed by atoms with van der Waals surface area (Å²) in [6.07, 6.45) is 0.529. The number of amides is 1. The van der Waals surface area contributed by atoms with Gasteiger partial charge in [0, 0.05) is 19.8 Å². The van der Waals surface area contributed by atoms with Gasteiger partial charge in [-0.3, -0.25) is 9.59 Å². The molecule has 8 heteroatoms. The number of carboxylic acid groups (broad SMARTS) is 1. The molecule has 27 heavy (non-hydrogen) atoms. The molecule has 2 aromatic carbocycles. The van der Waals surface area contributed by atoms with E-state index in [1.807, 2.05) is 0 Å². The van der Waals surface area contributed by atoms with E-state index in [0.717, 1.165) is 0 Å². The molecule has 0 aliphatic carbocycles. The average molecular weight is 379 g/mol. The van der Waals surface area contributed by atoms with Crippen LogP contribution in [0.15, 0.2) is 36.4 Å². The van der Waals surface area contributed by atoms with Crippen LogP contribution < -0.4 is 10.1 Å². The molecule has 3 rings (SSSR count). The van der Waals surface area contributed by atoms with Crippen LogP contribution in [0.2, 0.25) is 0 Å². The number of halogens is 2. The SMILES string of the molecule is O=C(NCC1(C(=O)O)CCOCC1)c1cc2ccccc2cc1OC(F)F. The predicted octanol–water partition coefficient (Wildman–Crippen LogP) is 3.05. The molecule has 6 nitrogen and oxygen atoms in total. The largest absolute Gasteiger partial charge is 0.481 e. The standard InChI is InChI=1S/C19H19F2NO5/c20-18(21)27-15-10-13-4-2-1-3-12(13)9-14(15)16(23)22-11-19(17(24)25)5-7-26-8-6-19/h1-4,9-10,18H,5-8,11H2,(H,22,23)(H,24,25). The van der Waals surface area contributed by atoms with E-state index in [1.165, 1.54) is 12.1 Å². The third-order valence-electron chi connectivity index (χ3n) is 4.80. The lowest BCUT2D eigenvalue weighted by Crippen LogP contribution is -2.46. The molecule has 0 radical (unpaired) electrons. The van der Waals surface area contributed by atoms with Gasteiger partial charge in [-0.1, -0.05) is 24.3 Å². The summed E-state index contributed by atoms with van der Waals surface area (Å²) in [5.74, 6) is -1.94. The first-order valence-electron chi connectivity index (χ1n) is 8.48. The Hall–Kier alpha value is -2.74. The van der Waals surface area contributed by atoms with Crippen molar-refractivity contribution in [2.45, 2.75) is 19.5 Å². The van der Waals surface area contributed by atoms with Gasteiger partial charge in [0.2, 0.25) is 0 Å². The first kappa shape index (κ1) is 19.0. The summed E-state index contributed by atoms with van der Waals surface area (Å²) in [7, 11) is 0. The Morgan fingerprint density at radius 1 is 1.19 bits per heavy atom. The molecule has 1 aliphatic heterocycles. The number of benzene rings is 2. The number of alkyl halides is 2. The molecule has 1 amide bonds. The van der Waals surface area contributed by atoms with Crippen LogP contribution in [0.5, 0.6) is 5.75 Å². The topological polar surface area (TPSA) is 84.9 Å². The Morgan fingerprint density at radius 2 is 1.81 bits per heavy atom.